The lowest BCUT2D eigenvalue weighted by Gasteiger charge is -2.06. The Hall–Kier alpha value is -3.61. The van der Waals surface area contributed by atoms with Crippen molar-refractivity contribution in [3.05, 3.63) is 112 Å². The molecule has 0 aliphatic carbocycles. The zero-order valence-electron chi connectivity index (χ0n) is 17.6. The van der Waals surface area contributed by atoms with Crippen molar-refractivity contribution in [2.45, 2.75) is 13.2 Å². The number of fused-ring (bicyclic) bond motifs is 1. The summed E-state index contributed by atoms with van der Waals surface area (Å²) in [5.41, 5.74) is 2.76. The predicted octanol–water partition coefficient (Wildman–Crippen LogP) is 6.63. The van der Waals surface area contributed by atoms with Gasteiger partial charge in [-0.25, -0.2) is 0 Å². The van der Waals surface area contributed by atoms with Crippen LogP contribution in [0.1, 0.15) is 20.8 Å². The van der Waals surface area contributed by atoms with Crippen molar-refractivity contribution in [3.63, 3.8) is 0 Å². The van der Waals surface area contributed by atoms with E-state index >= 15 is 0 Å². The Balaban J connectivity index is 1.21. The van der Waals surface area contributed by atoms with Crippen LogP contribution in [0.3, 0.4) is 0 Å². The first-order chi connectivity index (χ1) is 16.1. The Morgan fingerprint density at radius 2 is 1.91 bits per heavy atom. The number of amides is 1. The second-order valence-electron chi connectivity index (χ2n) is 7.58. The molecule has 5 aromatic rings. The molecule has 5 rings (SSSR count). The highest BCUT2D eigenvalue weighted by atomic mass is 35.5. The van der Waals surface area contributed by atoms with E-state index in [1.54, 1.807) is 18.3 Å². The lowest BCUT2D eigenvalue weighted by molar-refractivity contribution is 0.103. The van der Waals surface area contributed by atoms with Gasteiger partial charge in [0.15, 0.2) is 0 Å². The zero-order valence-corrected chi connectivity index (χ0v) is 19.1. The maximum Gasteiger partial charge on any atom is 0.265 e. The number of nitrogens with one attached hydrogen (secondary N) is 1. The molecule has 0 aliphatic heterocycles. The first kappa shape index (κ1) is 21.2. The average molecular weight is 474 g/mol. The van der Waals surface area contributed by atoms with Crippen molar-refractivity contribution in [2.24, 2.45) is 0 Å². The van der Waals surface area contributed by atoms with Gasteiger partial charge in [0.05, 0.1) is 23.3 Å². The van der Waals surface area contributed by atoms with Gasteiger partial charge in [-0.15, -0.1) is 11.3 Å². The number of hydrogen-bond acceptors (Lipinski definition) is 4. The van der Waals surface area contributed by atoms with Gasteiger partial charge in [-0.2, -0.15) is 5.10 Å². The number of aromatic nitrogens is 2. The second kappa shape index (κ2) is 9.48. The molecule has 164 valence electrons. The third-order valence-corrected chi connectivity index (χ3v) is 6.40. The number of ether oxygens (including phenoxy) is 1. The summed E-state index contributed by atoms with van der Waals surface area (Å²) in [5, 5.41) is 12.3. The maximum atomic E-state index is 12.7. The van der Waals surface area contributed by atoms with Crippen molar-refractivity contribution in [3.8, 4) is 5.75 Å². The SMILES string of the molecule is O=C(Nc1cnn(Cc2cccc3ccccc23)c1)c1cc(COc2cccc(Cl)c2)cs1. The number of carbonyl (C=O) groups excluding carboxylic acids is 1. The molecule has 33 heavy (non-hydrogen) atoms. The first-order valence-electron chi connectivity index (χ1n) is 10.4. The Morgan fingerprint density at radius 3 is 2.82 bits per heavy atom. The average Bonchev–Trinajstić information content (AvgIpc) is 3.48. The van der Waals surface area contributed by atoms with Gasteiger partial charge >= 0.3 is 0 Å². The lowest BCUT2D eigenvalue weighted by atomic mass is 10.0. The molecule has 0 saturated carbocycles. The summed E-state index contributed by atoms with van der Waals surface area (Å²) in [6.07, 6.45) is 3.51. The molecule has 0 spiro atoms. The number of nitrogens with zero attached hydrogens (tertiary/aromatic N) is 2. The summed E-state index contributed by atoms with van der Waals surface area (Å²) in [7, 11) is 0. The first-order valence-corrected chi connectivity index (χ1v) is 11.7. The topological polar surface area (TPSA) is 56.2 Å². The lowest BCUT2D eigenvalue weighted by Crippen LogP contribution is -2.09. The van der Waals surface area contributed by atoms with Gasteiger partial charge in [0.2, 0.25) is 0 Å². The molecular formula is C26H20ClN3O2S. The fraction of sp³-hybridized carbons (Fsp3) is 0.0769. The molecule has 0 saturated heterocycles. The monoisotopic (exact) mass is 473 g/mol. The van der Waals surface area contributed by atoms with Gasteiger partial charge in [0.25, 0.3) is 5.91 Å². The van der Waals surface area contributed by atoms with E-state index in [-0.39, 0.29) is 5.91 Å². The molecule has 7 heteroatoms. The summed E-state index contributed by atoms with van der Waals surface area (Å²) in [5.74, 6) is 0.525. The van der Waals surface area contributed by atoms with Gasteiger partial charge in [-0.1, -0.05) is 60.1 Å². The van der Waals surface area contributed by atoms with Gasteiger partial charge in [0.1, 0.15) is 12.4 Å². The molecule has 1 amide bonds. The molecule has 5 nitrogen and oxygen atoms in total. The van der Waals surface area contributed by atoms with E-state index in [1.165, 1.54) is 27.7 Å². The van der Waals surface area contributed by atoms with Crippen molar-refractivity contribution in [1.82, 2.24) is 9.78 Å². The molecule has 2 heterocycles. The Bertz CT molecular complexity index is 1420. The number of benzene rings is 3. The Kier molecular flexibility index (Phi) is 6.11. The van der Waals surface area contributed by atoms with E-state index in [2.05, 4.69) is 34.7 Å². The van der Waals surface area contributed by atoms with E-state index in [4.69, 9.17) is 16.3 Å². The minimum Gasteiger partial charge on any atom is -0.489 e. The highest BCUT2D eigenvalue weighted by molar-refractivity contribution is 7.12. The third-order valence-electron chi connectivity index (χ3n) is 5.18. The summed E-state index contributed by atoms with van der Waals surface area (Å²) in [4.78, 5) is 13.3. The van der Waals surface area contributed by atoms with E-state index < -0.39 is 0 Å². The fourth-order valence-electron chi connectivity index (χ4n) is 3.61. The molecule has 2 aromatic heterocycles. The van der Waals surface area contributed by atoms with Crippen molar-refractivity contribution in [1.29, 1.82) is 0 Å². The summed E-state index contributed by atoms with van der Waals surface area (Å²) in [6.45, 7) is 0.994. The molecule has 3 aromatic carbocycles. The number of carbonyl (C=O) groups is 1. The van der Waals surface area contributed by atoms with Crippen molar-refractivity contribution >= 4 is 45.3 Å². The van der Waals surface area contributed by atoms with Gasteiger partial charge in [-0.3, -0.25) is 9.48 Å². The molecule has 0 radical (unpaired) electrons. The highest BCUT2D eigenvalue weighted by Gasteiger charge is 2.12. The van der Waals surface area contributed by atoms with E-state index in [9.17, 15) is 4.79 Å². The molecule has 0 unspecified atom stereocenters. The Labute approximate surface area is 200 Å². The van der Waals surface area contributed by atoms with Crippen LogP contribution in [-0.2, 0) is 13.2 Å². The van der Waals surface area contributed by atoms with E-state index in [0.717, 1.165) is 5.56 Å². The Morgan fingerprint density at radius 1 is 1.06 bits per heavy atom. The number of anilines is 1. The summed E-state index contributed by atoms with van der Waals surface area (Å²) >= 11 is 7.36. The molecule has 0 fully saturated rings. The minimum absolute atomic E-state index is 0.168. The standard InChI is InChI=1S/C26H20ClN3O2S/c27-21-8-4-9-23(12-21)32-16-18-11-25(33-17-18)26(31)29-22-13-28-30(15-22)14-20-7-3-6-19-5-1-2-10-24(19)20/h1-13,15,17H,14,16H2,(H,29,31). The van der Waals surface area contributed by atoms with Crippen LogP contribution in [-0.4, -0.2) is 15.7 Å². The quantitative estimate of drug-likeness (QED) is 0.288. The van der Waals surface area contributed by atoms with Crippen LogP contribution in [0, 0.1) is 0 Å². The molecule has 0 aliphatic rings. The maximum absolute atomic E-state index is 12.7. The highest BCUT2D eigenvalue weighted by Crippen LogP contribution is 2.22. The number of halogens is 1. The normalized spacial score (nSPS) is 10.9. The predicted molar refractivity (Wildman–Crippen MR) is 133 cm³/mol. The van der Waals surface area contributed by atoms with Crippen molar-refractivity contribution < 1.29 is 9.53 Å². The van der Waals surface area contributed by atoms with Crippen LogP contribution in [0.25, 0.3) is 10.8 Å². The van der Waals surface area contributed by atoms with Gasteiger partial charge in [0, 0.05) is 16.8 Å². The zero-order chi connectivity index (χ0) is 22.6. The van der Waals surface area contributed by atoms with Crippen LogP contribution >= 0.6 is 22.9 Å². The summed E-state index contributed by atoms with van der Waals surface area (Å²) < 4.78 is 7.58. The van der Waals surface area contributed by atoms with Gasteiger partial charge < -0.3 is 10.1 Å². The molecule has 0 atom stereocenters. The van der Waals surface area contributed by atoms with Crippen LogP contribution in [0.15, 0.2) is 90.6 Å². The minimum atomic E-state index is -0.168. The van der Waals surface area contributed by atoms with Crippen LogP contribution in [0.5, 0.6) is 5.75 Å². The third kappa shape index (κ3) is 5.08. The summed E-state index contributed by atoms with van der Waals surface area (Å²) in [6, 6.07) is 23.6. The number of hydrogen-bond donors (Lipinski definition) is 1. The second-order valence-corrected chi connectivity index (χ2v) is 8.93. The number of rotatable bonds is 7. The van der Waals surface area contributed by atoms with Crippen molar-refractivity contribution in [2.75, 3.05) is 5.32 Å². The fourth-order valence-corrected chi connectivity index (χ4v) is 4.58. The van der Waals surface area contributed by atoms with Crippen LogP contribution < -0.4 is 10.1 Å². The molecule has 1 N–H and O–H groups in total. The molecule has 0 bridgehead atoms. The van der Waals surface area contributed by atoms with E-state index in [1.807, 2.05) is 52.7 Å². The number of thiophene rings is 1. The van der Waals surface area contributed by atoms with Crippen LogP contribution in [0.4, 0.5) is 5.69 Å². The largest absolute Gasteiger partial charge is 0.489 e. The van der Waals surface area contributed by atoms with Gasteiger partial charge in [-0.05, 0) is 46.0 Å². The van der Waals surface area contributed by atoms with E-state index in [0.29, 0.717) is 34.5 Å². The smallest absolute Gasteiger partial charge is 0.265 e. The molecular weight excluding hydrogens is 454 g/mol. The van der Waals surface area contributed by atoms with Crippen LogP contribution in [0.2, 0.25) is 5.02 Å².